The van der Waals surface area contributed by atoms with E-state index in [1.54, 1.807) is 0 Å². The molecule has 42 valence electrons. The van der Waals surface area contributed by atoms with E-state index in [2.05, 4.69) is 21.7 Å². The lowest BCUT2D eigenvalue weighted by Gasteiger charge is -1.97. The molecule has 4 heteroatoms. The van der Waals surface area contributed by atoms with Crippen molar-refractivity contribution >= 4 is 17.4 Å². The van der Waals surface area contributed by atoms with Crippen LogP contribution < -0.4 is 5.73 Å². The van der Waals surface area contributed by atoms with Crippen molar-refractivity contribution in [2.75, 3.05) is 13.9 Å². The fraction of sp³-hybridized carbons (Fsp3) is 0.667. The largest absolute Gasteiger partial charge is 0.444 e. The van der Waals surface area contributed by atoms with Crippen molar-refractivity contribution in [1.29, 1.82) is 0 Å². The van der Waals surface area contributed by atoms with E-state index in [1.807, 2.05) is 0 Å². The Morgan fingerprint density at radius 2 is 2.43 bits per heavy atom. The lowest BCUT2D eigenvalue weighted by atomic mass is 11.2. The van der Waals surface area contributed by atoms with Crippen molar-refractivity contribution in [3.05, 3.63) is 0 Å². The van der Waals surface area contributed by atoms with Gasteiger partial charge in [0.1, 0.15) is 0 Å². The van der Waals surface area contributed by atoms with Gasteiger partial charge in [-0.25, -0.2) is 0 Å². The molecule has 0 fully saturated rings. The maximum Gasteiger partial charge on any atom is 0.256 e. The summed E-state index contributed by atoms with van der Waals surface area (Å²) >= 11 is 4.34. The first kappa shape index (κ1) is 6.65. The van der Waals surface area contributed by atoms with Crippen LogP contribution in [-0.4, -0.2) is 19.1 Å². The molecule has 0 saturated heterocycles. The molecule has 0 aliphatic carbocycles. The lowest BCUT2D eigenvalue weighted by Crippen LogP contribution is -2.13. The van der Waals surface area contributed by atoms with Gasteiger partial charge < -0.3 is 15.2 Å². The van der Waals surface area contributed by atoms with Crippen molar-refractivity contribution in [1.82, 2.24) is 0 Å². The number of hydrogen-bond donors (Lipinski definition) is 1. The van der Waals surface area contributed by atoms with E-state index >= 15 is 0 Å². The number of ether oxygens (including phenoxy) is 2. The van der Waals surface area contributed by atoms with E-state index in [9.17, 15) is 0 Å². The highest BCUT2D eigenvalue weighted by Crippen LogP contribution is 1.71. The van der Waals surface area contributed by atoms with Crippen LogP contribution in [0, 0.1) is 0 Å². The summed E-state index contributed by atoms with van der Waals surface area (Å²) in [6.07, 6.45) is 0. The Balaban J connectivity index is 2.82. The molecule has 0 aromatic rings. The van der Waals surface area contributed by atoms with Crippen LogP contribution in [0.25, 0.3) is 0 Å². The molecule has 3 nitrogen and oxygen atoms in total. The van der Waals surface area contributed by atoms with Crippen molar-refractivity contribution in [2.45, 2.75) is 0 Å². The Kier molecular flexibility index (Phi) is 3.64. The number of rotatable bonds is 2. The molecule has 7 heavy (non-hydrogen) atoms. The molecule has 0 bridgehead atoms. The fourth-order valence-electron chi connectivity index (χ4n) is 0.117. The van der Waals surface area contributed by atoms with Crippen LogP contribution in [0.3, 0.4) is 0 Å². The Morgan fingerprint density at radius 3 is 2.57 bits per heavy atom. The Hall–Kier alpha value is -0.350. The summed E-state index contributed by atoms with van der Waals surface area (Å²) in [5, 5.41) is 0.0156. The van der Waals surface area contributed by atoms with E-state index in [4.69, 9.17) is 5.73 Å². The van der Waals surface area contributed by atoms with Gasteiger partial charge in [-0.15, -0.1) is 0 Å². The van der Waals surface area contributed by atoms with Crippen LogP contribution >= 0.6 is 12.2 Å². The minimum Gasteiger partial charge on any atom is -0.444 e. The summed E-state index contributed by atoms with van der Waals surface area (Å²) in [5.41, 5.74) is 4.91. The third kappa shape index (κ3) is 5.65. The average Bonchev–Trinajstić information content (AvgIpc) is 1.61. The standard InChI is InChI=1S/C3H7NO2S/c1-5-2-6-3(4)7/h2H2,1H3,(H2,4,7). The van der Waals surface area contributed by atoms with Crippen molar-refractivity contribution in [3.63, 3.8) is 0 Å². The summed E-state index contributed by atoms with van der Waals surface area (Å²) in [7, 11) is 1.50. The first-order valence-electron chi connectivity index (χ1n) is 1.68. The Bertz CT molecular complexity index is 66.0. The lowest BCUT2D eigenvalue weighted by molar-refractivity contribution is 0.0438. The van der Waals surface area contributed by atoms with Gasteiger partial charge in [-0.3, -0.25) is 0 Å². The van der Waals surface area contributed by atoms with Gasteiger partial charge >= 0.3 is 0 Å². The van der Waals surface area contributed by atoms with Gasteiger partial charge in [0.05, 0.1) is 0 Å². The normalized spacial score (nSPS) is 8.14. The highest BCUT2D eigenvalue weighted by Gasteiger charge is 1.81. The highest BCUT2D eigenvalue weighted by atomic mass is 32.1. The molecule has 0 aliphatic heterocycles. The van der Waals surface area contributed by atoms with Crippen LogP contribution in [0.2, 0.25) is 0 Å². The van der Waals surface area contributed by atoms with E-state index in [1.165, 1.54) is 7.11 Å². The summed E-state index contributed by atoms with van der Waals surface area (Å²) in [5.74, 6) is 0. The summed E-state index contributed by atoms with van der Waals surface area (Å²) < 4.78 is 8.94. The highest BCUT2D eigenvalue weighted by molar-refractivity contribution is 7.80. The molecule has 0 heterocycles. The first-order valence-corrected chi connectivity index (χ1v) is 2.09. The second-order valence-corrected chi connectivity index (χ2v) is 1.27. The van der Waals surface area contributed by atoms with Gasteiger partial charge in [0.2, 0.25) is 0 Å². The molecule has 0 rings (SSSR count). The number of methoxy groups -OCH3 is 1. The zero-order chi connectivity index (χ0) is 5.70. The van der Waals surface area contributed by atoms with Crippen LogP contribution in [-0.2, 0) is 9.47 Å². The summed E-state index contributed by atoms with van der Waals surface area (Å²) in [4.78, 5) is 0. The van der Waals surface area contributed by atoms with E-state index < -0.39 is 0 Å². The second-order valence-electron chi connectivity index (χ2n) is 0.870. The van der Waals surface area contributed by atoms with E-state index in [0.29, 0.717) is 0 Å². The van der Waals surface area contributed by atoms with E-state index in [-0.39, 0.29) is 12.0 Å². The smallest absolute Gasteiger partial charge is 0.256 e. The zero-order valence-electron chi connectivity index (χ0n) is 4.01. The molecular formula is C3H7NO2S. The number of nitrogens with two attached hydrogens (primary N) is 1. The number of hydrogen-bond acceptors (Lipinski definition) is 3. The molecule has 0 unspecified atom stereocenters. The molecular weight excluding hydrogens is 114 g/mol. The van der Waals surface area contributed by atoms with Crippen molar-refractivity contribution in [3.8, 4) is 0 Å². The van der Waals surface area contributed by atoms with Gasteiger partial charge in [0.15, 0.2) is 6.79 Å². The van der Waals surface area contributed by atoms with Crippen LogP contribution in [0.15, 0.2) is 0 Å². The SMILES string of the molecule is COCOC(N)=S. The molecule has 0 aromatic heterocycles. The predicted octanol–water partition coefficient (Wildman–Crippen LogP) is -0.149. The maximum absolute atomic E-state index is 4.91. The molecule has 0 aromatic carbocycles. The summed E-state index contributed by atoms with van der Waals surface area (Å²) in [6, 6.07) is 0. The van der Waals surface area contributed by atoms with Gasteiger partial charge in [0.25, 0.3) is 5.17 Å². The monoisotopic (exact) mass is 121 g/mol. The third-order valence-corrected chi connectivity index (χ3v) is 0.437. The summed E-state index contributed by atoms with van der Waals surface area (Å²) in [6.45, 7) is 0.134. The predicted molar refractivity (Wildman–Crippen MR) is 29.7 cm³/mol. The molecule has 2 N–H and O–H groups in total. The number of thiocarbonyl (C=S) groups is 1. The van der Waals surface area contributed by atoms with E-state index in [0.717, 1.165) is 0 Å². The Labute approximate surface area is 47.4 Å². The van der Waals surface area contributed by atoms with Crippen LogP contribution in [0.1, 0.15) is 0 Å². The van der Waals surface area contributed by atoms with Gasteiger partial charge in [-0.05, 0) is 12.2 Å². The fourth-order valence-corrected chi connectivity index (χ4v) is 0.165. The quantitative estimate of drug-likeness (QED) is 0.407. The second kappa shape index (κ2) is 3.83. The van der Waals surface area contributed by atoms with Crippen LogP contribution in [0.4, 0.5) is 0 Å². The van der Waals surface area contributed by atoms with Gasteiger partial charge in [-0.1, -0.05) is 0 Å². The molecule has 0 amide bonds. The van der Waals surface area contributed by atoms with Gasteiger partial charge in [-0.2, -0.15) is 0 Å². The molecule has 0 saturated carbocycles. The van der Waals surface area contributed by atoms with Crippen LogP contribution in [0.5, 0.6) is 0 Å². The maximum atomic E-state index is 4.91. The first-order chi connectivity index (χ1) is 3.27. The molecule has 0 aliphatic rings. The topological polar surface area (TPSA) is 44.5 Å². The molecule has 0 radical (unpaired) electrons. The van der Waals surface area contributed by atoms with Crippen molar-refractivity contribution < 1.29 is 9.47 Å². The molecule has 0 atom stereocenters. The molecule has 0 spiro atoms. The Morgan fingerprint density at radius 1 is 1.86 bits per heavy atom. The van der Waals surface area contributed by atoms with Gasteiger partial charge in [0, 0.05) is 7.11 Å². The zero-order valence-corrected chi connectivity index (χ0v) is 4.83. The third-order valence-electron chi connectivity index (χ3n) is 0.319. The minimum absolute atomic E-state index is 0.0156. The van der Waals surface area contributed by atoms with Crippen molar-refractivity contribution in [2.24, 2.45) is 5.73 Å². The average molecular weight is 121 g/mol. The minimum atomic E-state index is 0.0156.